The highest BCUT2D eigenvalue weighted by molar-refractivity contribution is 5.74. The van der Waals surface area contributed by atoms with E-state index >= 15 is 0 Å². The zero-order chi connectivity index (χ0) is 12.3. The van der Waals surface area contributed by atoms with Gasteiger partial charge in [0.15, 0.2) is 0 Å². The van der Waals surface area contributed by atoms with E-state index in [1.54, 1.807) is 49.6 Å². The lowest BCUT2D eigenvalue weighted by Gasteiger charge is -2.24. The van der Waals surface area contributed by atoms with Gasteiger partial charge in [-0.05, 0) is 18.6 Å². The van der Waals surface area contributed by atoms with Gasteiger partial charge in [0.05, 0.1) is 0 Å². The van der Waals surface area contributed by atoms with Gasteiger partial charge in [-0.3, -0.25) is 9.78 Å². The minimum absolute atomic E-state index is 0.593. The maximum absolute atomic E-state index is 10.6. The van der Waals surface area contributed by atoms with Crippen molar-refractivity contribution in [3.8, 4) is 0 Å². The van der Waals surface area contributed by atoms with E-state index < -0.39 is 5.60 Å². The molecule has 0 aliphatic rings. The first-order valence-electron chi connectivity index (χ1n) is 5.33. The number of aromatic nitrogens is 1. The van der Waals surface area contributed by atoms with Crippen LogP contribution in [-0.2, 0) is 5.60 Å². The van der Waals surface area contributed by atoms with Gasteiger partial charge in [-0.2, -0.15) is 0 Å². The summed E-state index contributed by atoms with van der Waals surface area (Å²) in [5.74, 6) is 0. The van der Waals surface area contributed by atoms with Crippen molar-refractivity contribution in [2.45, 2.75) is 12.5 Å². The van der Waals surface area contributed by atoms with Crippen LogP contribution in [0.15, 0.2) is 48.8 Å². The third kappa shape index (κ3) is 2.24. The van der Waals surface area contributed by atoms with Crippen LogP contribution in [0.25, 0.3) is 0 Å². The van der Waals surface area contributed by atoms with E-state index in [4.69, 9.17) is 0 Å². The molecule has 1 aromatic heterocycles. The molecule has 3 nitrogen and oxygen atoms in total. The van der Waals surface area contributed by atoms with Crippen LogP contribution >= 0.6 is 0 Å². The molecule has 0 spiro atoms. The lowest BCUT2D eigenvalue weighted by atomic mass is 9.89. The summed E-state index contributed by atoms with van der Waals surface area (Å²) >= 11 is 0. The van der Waals surface area contributed by atoms with Crippen LogP contribution in [0.4, 0.5) is 0 Å². The Morgan fingerprint density at radius 2 is 1.88 bits per heavy atom. The van der Waals surface area contributed by atoms with Crippen LogP contribution in [0.2, 0.25) is 0 Å². The molecule has 3 heteroatoms. The summed E-state index contributed by atoms with van der Waals surface area (Å²) in [7, 11) is 0. The molecule has 0 saturated carbocycles. The fraction of sp³-hybridized carbons (Fsp3) is 0.143. The number of nitrogens with zero attached hydrogens (tertiary/aromatic N) is 1. The maximum Gasteiger partial charge on any atom is 0.150 e. The van der Waals surface area contributed by atoms with Crippen molar-refractivity contribution in [3.05, 3.63) is 65.5 Å². The summed E-state index contributed by atoms with van der Waals surface area (Å²) in [5.41, 5.74) is 0.945. The van der Waals surface area contributed by atoms with Crippen molar-refractivity contribution in [3.63, 3.8) is 0 Å². The number of pyridine rings is 1. The molecule has 1 heterocycles. The van der Waals surface area contributed by atoms with E-state index in [9.17, 15) is 9.90 Å². The molecule has 0 aliphatic heterocycles. The molecule has 2 rings (SSSR count). The Labute approximate surface area is 99.8 Å². The normalized spacial score (nSPS) is 14.0. The average Bonchev–Trinajstić information content (AvgIpc) is 2.40. The Hall–Kier alpha value is -2.00. The Morgan fingerprint density at radius 1 is 1.18 bits per heavy atom. The van der Waals surface area contributed by atoms with Crippen LogP contribution in [-0.4, -0.2) is 16.4 Å². The molecular weight excluding hydrogens is 214 g/mol. The van der Waals surface area contributed by atoms with Gasteiger partial charge in [0, 0.05) is 23.5 Å². The largest absolute Gasteiger partial charge is 0.381 e. The van der Waals surface area contributed by atoms with E-state index in [1.165, 1.54) is 0 Å². The zero-order valence-corrected chi connectivity index (χ0v) is 9.50. The Kier molecular flexibility index (Phi) is 3.02. The fourth-order valence-corrected chi connectivity index (χ4v) is 1.70. The molecule has 17 heavy (non-hydrogen) atoms. The van der Waals surface area contributed by atoms with E-state index in [-0.39, 0.29) is 0 Å². The summed E-state index contributed by atoms with van der Waals surface area (Å²) < 4.78 is 0. The molecular formula is C14H13NO2. The number of rotatable bonds is 3. The highest BCUT2D eigenvalue weighted by Gasteiger charge is 2.25. The number of aldehydes is 1. The Bertz CT molecular complexity index is 504. The number of carbonyl (C=O) groups excluding carboxylic acids is 1. The molecule has 1 aromatic carbocycles. The highest BCUT2D eigenvalue weighted by atomic mass is 16.3. The van der Waals surface area contributed by atoms with Gasteiger partial charge in [-0.1, -0.05) is 30.3 Å². The molecule has 0 amide bonds. The van der Waals surface area contributed by atoms with Gasteiger partial charge in [-0.15, -0.1) is 0 Å². The van der Waals surface area contributed by atoms with E-state index in [1.807, 2.05) is 6.07 Å². The molecule has 0 saturated heterocycles. The first-order chi connectivity index (χ1) is 8.14. The lowest BCUT2D eigenvalue weighted by Crippen LogP contribution is -2.22. The predicted octanol–water partition coefficient (Wildman–Crippen LogP) is 2.15. The van der Waals surface area contributed by atoms with Gasteiger partial charge >= 0.3 is 0 Å². The first-order valence-corrected chi connectivity index (χ1v) is 5.33. The molecule has 0 unspecified atom stereocenters. The third-order valence-electron chi connectivity index (χ3n) is 2.83. The second kappa shape index (κ2) is 4.47. The quantitative estimate of drug-likeness (QED) is 0.817. The number of hydrogen-bond acceptors (Lipinski definition) is 3. The van der Waals surface area contributed by atoms with Crippen LogP contribution in [0.1, 0.15) is 28.4 Å². The molecule has 2 aromatic rings. The van der Waals surface area contributed by atoms with Gasteiger partial charge in [0.2, 0.25) is 0 Å². The lowest BCUT2D eigenvalue weighted by molar-refractivity contribution is 0.102. The average molecular weight is 227 g/mol. The number of carbonyl (C=O) groups is 1. The van der Waals surface area contributed by atoms with E-state index in [2.05, 4.69) is 4.98 Å². The van der Waals surface area contributed by atoms with Crippen LogP contribution in [0.5, 0.6) is 0 Å². The van der Waals surface area contributed by atoms with Crippen molar-refractivity contribution < 1.29 is 9.90 Å². The first kappa shape index (κ1) is 11.5. The molecule has 0 fully saturated rings. The molecule has 1 atom stereocenters. The van der Waals surface area contributed by atoms with Crippen molar-refractivity contribution >= 4 is 6.29 Å². The smallest absolute Gasteiger partial charge is 0.150 e. The summed E-state index contributed by atoms with van der Waals surface area (Å²) in [5, 5.41) is 10.5. The zero-order valence-electron chi connectivity index (χ0n) is 9.50. The van der Waals surface area contributed by atoms with Crippen molar-refractivity contribution in [1.82, 2.24) is 4.98 Å². The Morgan fingerprint density at radius 3 is 2.41 bits per heavy atom. The van der Waals surface area contributed by atoms with Gasteiger partial charge < -0.3 is 5.11 Å². The minimum Gasteiger partial charge on any atom is -0.381 e. The predicted molar refractivity (Wildman–Crippen MR) is 64.7 cm³/mol. The van der Waals surface area contributed by atoms with Crippen molar-refractivity contribution in [2.24, 2.45) is 0 Å². The van der Waals surface area contributed by atoms with Crippen LogP contribution < -0.4 is 0 Å². The van der Waals surface area contributed by atoms with Gasteiger partial charge in [0.25, 0.3) is 0 Å². The Balaban J connectivity index is 2.40. The number of hydrogen-bond donors (Lipinski definition) is 1. The van der Waals surface area contributed by atoms with Gasteiger partial charge in [-0.25, -0.2) is 0 Å². The molecule has 86 valence electrons. The maximum atomic E-state index is 10.6. The molecule has 1 N–H and O–H groups in total. The van der Waals surface area contributed by atoms with Crippen LogP contribution in [0.3, 0.4) is 0 Å². The number of aliphatic hydroxyl groups is 1. The van der Waals surface area contributed by atoms with E-state index in [0.717, 1.165) is 17.4 Å². The summed E-state index contributed by atoms with van der Waals surface area (Å²) in [6.07, 6.45) is 4.07. The summed E-state index contributed by atoms with van der Waals surface area (Å²) in [6.45, 7) is 1.71. The highest BCUT2D eigenvalue weighted by Crippen LogP contribution is 2.28. The van der Waals surface area contributed by atoms with Crippen molar-refractivity contribution in [2.75, 3.05) is 0 Å². The summed E-state index contributed by atoms with van der Waals surface area (Å²) in [6, 6.07) is 10.5. The van der Waals surface area contributed by atoms with Gasteiger partial charge in [0.1, 0.15) is 11.9 Å². The van der Waals surface area contributed by atoms with Crippen LogP contribution in [0, 0.1) is 0 Å². The second-order valence-electron chi connectivity index (χ2n) is 4.05. The minimum atomic E-state index is -1.10. The summed E-state index contributed by atoms with van der Waals surface area (Å²) in [4.78, 5) is 14.6. The number of benzene rings is 1. The third-order valence-corrected chi connectivity index (χ3v) is 2.83. The van der Waals surface area contributed by atoms with Crippen molar-refractivity contribution in [1.29, 1.82) is 0 Å². The topological polar surface area (TPSA) is 50.2 Å². The van der Waals surface area contributed by atoms with E-state index in [0.29, 0.717) is 5.56 Å². The monoisotopic (exact) mass is 227 g/mol. The second-order valence-corrected chi connectivity index (χ2v) is 4.05. The SMILES string of the molecule is C[C@](O)(c1ccc(C=O)cc1)c1cccnc1. The standard InChI is InChI=1S/C14H13NO2/c1-14(17,13-3-2-8-15-9-13)12-6-4-11(10-16)5-7-12/h2-10,17H,1H3/t14-/m0/s1. The molecule has 0 aliphatic carbocycles. The fourth-order valence-electron chi connectivity index (χ4n) is 1.70. The molecule has 0 bridgehead atoms. The molecule has 0 radical (unpaired) electrons.